The molecule has 1 fully saturated rings. The molecular formula is C13H11FN2OS. The van der Waals surface area contributed by atoms with Crippen LogP contribution in [0, 0.1) is 11.7 Å². The van der Waals surface area contributed by atoms with Crippen LogP contribution in [0.2, 0.25) is 0 Å². The van der Waals surface area contributed by atoms with Gasteiger partial charge in [-0.1, -0.05) is 12.1 Å². The molecule has 1 aromatic heterocycles. The van der Waals surface area contributed by atoms with Gasteiger partial charge in [-0.2, -0.15) is 0 Å². The molecule has 18 heavy (non-hydrogen) atoms. The topological polar surface area (TPSA) is 42.0 Å². The maximum absolute atomic E-state index is 12.8. The molecule has 1 amide bonds. The molecule has 0 spiro atoms. The van der Waals surface area contributed by atoms with Gasteiger partial charge in [0, 0.05) is 17.5 Å². The number of hydrogen-bond acceptors (Lipinski definition) is 3. The molecule has 92 valence electrons. The minimum atomic E-state index is -0.247. The van der Waals surface area contributed by atoms with Crippen LogP contribution in [0.4, 0.5) is 9.52 Å². The van der Waals surface area contributed by atoms with E-state index in [1.807, 2.05) is 5.38 Å². The average molecular weight is 262 g/mol. The van der Waals surface area contributed by atoms with Gasteiger partial charge in [0.1, 0.15) is 5.82 Å². The zero-order valence-corrected chi connectivity index (χ0v) is 10.3. The molecule has 0 bridgehead atoms. The average Bonchev–Trinajstić information content (AvgIpc) is 3.01. The van der Waals surface area contributed by atoms with Crippen LogP contribution in [0.15, 0.2) is 35.8 Å². The molecule has 1 aromatic carbocycles. The van der Waals surface area contributed by atoms with Crippen molar-refractivity contribution >= 4 is 22.4 Å². The van der Waals surface area contributed by atoms with Gasteiger partial charge in [-0.3, -0.25) is 4.79 Å². The number of nitrogens with zero attached hydrogens (tertiary/aromatic N) is 1. The highest BCUT2D eigenvalue weighted by Crippen LogP contribution is 2.48. The molecule has 1 aliphatic carbocycles. The Labute approximate surface area is 108 Å². The monoisotopic (exact) mass is 262 g/mol. The van der Waals surface area contributed by atoms with Gasteiger partial charge in [0.25, 0.3) is 0 Å². The Balaban J connectivity index is 1.63. The number of benzene rings is 1. The Morgan fingerprint density at radius 3 is 2.83 bits per heavy atom. The molecule has 1 aliphatic rings. The second-order valence-corrected chi connectivity index (χ2v) is 5.22. The quantitative estimate of drug-likeness (QED) is 0.923. The number of aromatic nitrogens is 1. The van der Waals surface area contributed by atoms with Crippen molar-refractivity contribution in [2.45, 2.75) is 12.3 Å². The number of nitrogens with one attached hydrogen (secondary N) is 1. The summed E-state index contributed by atoms with van der Waals surface area (Å²) in [6.45, 7) is 0. The smallest absolute Gasteiger partial charge is 0.229 e. The van der Waals surface area contributed by atoms with Gasteiger partial charge in [0.2, 0.25) is 5.91 Å². The third-order valence-electron chi connectivity index (χ3n) is 3.09. The maximum atomic E-state index is 12.8. The third-order valence-corrected chi connectivity index (χ3v) is 3.78. The predicted octanol–water partition coefficient (Wildman–Crippen LogP) is 3.02. The molecule has 5 heteroatoms. The molecule has 0 saturated heterocycles. The molecule has 3 rings (SSSR count). The number of carbonyl (C=O) groups excluding carboxylic acids is 1. The van der Waals surface area contributed by atoms with E-state index >= 15 is 0 Å². The Morgan fingerprint density at radius 1 is 1.39 bits per heavy atom. The standard InChI is InChI=1S/C13H11FN2OS/c14-9-3-1-8(2-4-9)10-7-11(10)12(17)16-13-15-5-6-18-13/h1-6,10-11H,7H2,(H,15,16,17). The van der Waals surface area contributed by atoms with E-state index in [9.17, 15) is 9.18 Å². The summed E-state index contributed by atoms with van der Waals surface area (Å²) in [5, 5.41) is 5.24. The summed E-state index contributed by atoms with van der Waals surface area (Å²) in [6.07, 6.45) is 2.48. The first-order valence-electron chi connectivity index (χ1n) is 5.70. The lowest BCUT2D eigenvalue weighted by Gasteiger charge is -2.01. The number of amides is 1. The lowest BCUT2D eigenvalue weighted by Crippen LogP contribution is -2.14. The fourth-order valence-electron chi connectivity index (χ4n) is 2.05. The first-order valence-corrected chi connectivity index (χ1v) is 6.58. The fraction of sp³-hybridized carbons (Fsp3) is 0.231. The Bertz CT molecular complexity index is 553. The summed E-state index contributed by atoms with van der Waals surface area (Å²) in [6, 6.07) is 6.36. The summed E-state index contributed by atoms with van der Waals surface area (Å²) in [4.78, 5) is 15.9. The van der Waals surface area contributed by atoms with Crippen LogP contribution in [0.25, 0.3) is 0 Å². The van der Waals surface area contributed by atoms with E-state index in [-0.39, 0.29) is 23.6 Å². The Hall–Kier alpha value is -1.75. The normalized spacial score (nSPS) is 21.6. The summed E-state index contributed by atoms with van der Waals surface area (Å²) >= 11 is 1.40. The van der Waals surface area contributed by atoms with Crippen LogP contribution < -0.4 is 5.32 Å². The van der Waals surface area contributed by atoms with Crippen LogP contribution in [-0.4, -0.2) is 10.9 Å². The van der Waals surface area contributed by atoms with Crippen molar-refractivity contribution in [3.8, 4) is 0 Å². The SMILES string of the molecule is O=C(Nc1nccs1)C1CC1c1ccc(F)cc1. The van der Waals surface area contributed by atoms with Crippen LogP contribution in [-0.2, 0) is 4.79 Å². The summed E-state index contributed by atoms with van der Waals surface area (Å²) in [5.41, 5.74) is 1.02. The van der Waals surface area contributed by atoms with Crippen LogP contribution >= 0.6 is 11.3 Å². The second-order valence-electron chi connectivity index (χ2n) is 4.33. The number of anilines is 1. The molecule has 0 aliphatic heterocycles. The number of thiazole rings is 1. The van der Waals surface area contributed by atoms with E-state index in [0.29, 0.717) is 5.13 Å². The number of hydrogen-bond donors (Lipinski definition) is 1. The molecule has 1 heterocycles. The Morgan fingerprint density at radius 2 is 2.17 bits per heavy atom. The van der Waals surface area contributed by atoms with Crippen LogP contribution in [0.3, 0.4) is 0 Å². The second kappa shape index (κ2) is 4.49. The molecule has 0 radical (unpaired) electrons. The van der Waals surface area contributed by atoms with Crippen molar-refractivity contribution in [1.29, 1.82) is 0 Å². The van der Waals surface area contributed by atoms with Gasteiger partial charge in [-0.25, -0.2) is 9.37 Å². The largest absolute Gasteiger partial charge is 0.302 e. The minimum absolute atomic E-state index is 0.000671. The zero-order chi connectivity index (χ0) is 12.5. The summed E-state index contributed by atoms with van der Waals surface area (Å²) in [7, 11) is 0. The van der Waals surface area contributed by atoms with E-state index in [2.05, 4.69) is 10.3 Å². The molecule has 1 N–H and O–H groups in total. The van der Waals surface area contributed by atoms with Gasteiger partial charge in [-0.05, 0) is 30.0 Å². The summed E-state index contributed by atoms with van der Waals surface area (Å²) < 4.78 is 12.8. The first-order chi connectivity index (χ1) is 8.74. The van der Waals surface area contributed by atoms with Gasteiger partial charge >= 0.3 is 0 Å². The van der Waals surface area contributed by atoms with E-state index in [4.69, 9.17) is 0 Å². The van der Waals surface area contributed by atoms with Crippen molar-refractivity contribution in [1.82, 2.24) is 4.98 Å². The van der Waals surface area contributed by atoms with Crippen molar-refractivity contribution in [2.75, 3.05) is 5.32 Å². The molecule has 1 saturated carbocycles. The highest BCUT2D eigenvalue weighted by Gasteiger charge is 2.44. The van der Waals surface area contributed by atoms with E-state index in [1.54, 1.807) is 18.3 Å². The van der Waals surface area contributed by atoms with Crippen molar-refractivity contribution in [3.63, 3.8) is 0 Å². The number of halogens is 1. The number of rotatable bonds is 3. The maximum Gasteiger partial charge on any atom is 0.229 e. The molecule has 2 unspecified atom stereocenters. The van der Waals surface area contributed by atoms with Crippen molar-refractivity contribution in [3.05, 3.63) is 47.2 Å². The minimum Gasteiger partial charge on any atom is -0.302 e. The van der Waals surface area contributed by atoms with Gasteiger partial charge in [0.15, 0.2) is 5.13 Å². The van der Waals surface area contributed by atoms with Gasteiger partial charge in [-0.15, -0.1) is 11.3 Å². The summed E-state index contributed by atoms with van der Waals surface area (Å²) in [5.74, 6) is -0.0487. The van der Waals surface area contributed by atoms with Crippen molar-refractivity contribution in [2.24, 2.45) is 5.92 Å². The molecule has 2 aromatic rings. The van der Waals surface area contributed by atoms with E-state index < -0.39 is 0 Å². The van der Waals surface area contributed by atoms with Crippen molar-refractivity contribution < 1.29 is 9.18 Å². The highest BCUT2D eigenvalue weighted by molar-refractivity contribution is 7.13. The van der Waals surface area contributed by atoms with Crippen LogP contribution in [0.1, 0.15) is 17.9 Å². The Kier molecular flexibility index (Phi) is 2.83. The van der Waals surface area contributed by atoms with Gasteiger partial charge < -0.3 is 5.32 Å². The molecule has 2 atom stereocenters. The zero-order valence-electron chi connectivity index (χ0n) is 9.47. The highest BCUT2D eigenvalue weighted by atomic mass is 32.1. The molecular weight excluding hydrogens is 251 g/mol. The van der Waals surface area contributed by atoms with Gasteiger partial charge in [0.05, 0.1) is 0 Å². The lowest BCUT2D eigenvalue weighted by molar-refractivity contribution is -0.117. The molecule has 3 nitrogen and oxygen atoms in total. The van der Waals surface area contributed by atoms with Crippen LogP contribution in [0.5, 0.6) is 0 Å². The predicted molar refractivity (Wildman–Crippen MR) is 68.0 cm³/mol. The third kappa shape index (κ3) is 2.26. The lowest BCUT2D eigenvalue weighted by atomic mass is 10.1. The van der Waals surface area contributed by atoms with E-state index in [1.165, 1.54) is 23.5 Å². The first kappa shape index (κ1) is 11.3. The van der Waals surface area contributed by atoms with E-state index in [0.717, 1.165) is 12.0 Å². The fourth-order valence-corrected chi connectivity index (χ4v) is 2.58. The number of carbonyl (C=O) groups is 1.